The summed E-state index contributed by atoms with van der Waals surface area (Å²) in [5.74, 6) is -0.710. The molecule has 1 rings (SSSR count). The number of ketones is 1. The third-order valence-electron chi connectivity index (χ3n) is 3.80. The van der Waals surface area contributed by atoms with Gasteiger partial charge in [0.15, 0.2) is 5.78 Å². The van der Waals surface area contributed by atoms with Gasteiger partial charge in [0, 0.05) is 30.9 Å². The van der Waals surface area contributed by atoms with Crippen LogP contribution in [0, 0.1) is 13.8 Å². The molecule has 1 heterocycles. The van der Waals surface area contributed by atoms with E-state index in [2.05, 4.69) is 5.32 Å². The number of methoxy groups -OCH3 is 1. The highest BCUT2D eigenvalue weighted by molar-refractivity contribution is 6.04. The van der Waals surface area contributed by atoms with Crippen molar-refractivity contribution in [2.24, 2.45) is 7.05 Å². The number of hydrogen-bond acceptors (Lipinski definition) is 4. The van der Waals surface area contributed by atoms with Crippen LogP contribution in [-0.4, -0.2) is 53.5 Å². The summed E-state index contributed by atoms with van der Waals surface area (Å²) in [5, 5.41) is 2.80. The number of esters is 1. The van der Waals surface area contributed by atoms with Gasteiger partial charge in [-0.1, -0.05) is 0 Å². The smallest absolute Gasteiger partial charge is 0.354 e. The minimum Gasteiger partial charge on any atom is -0.464 e. The van der Waals surface area contributed by atoms with E-state index in [0.29, 0.717) is 22.5 Å². The van der Waals surface area contributed by atoms with Crippen molar-refractivity contribution in [3.63, 3.8) is 0 Å². The number of Topliss-reactive ketones (excluding diaryl/α,β-unsaturated/α-hetero) is 1. The maximum atomic E-state index is 12.7. The molecule has 0 saturated carbocycles. The molecule has 0 spiro atoms. The van der Waals surface area contributed by atoms with Gasteiger partial charge in [-0.15, -0.1) is 0 Å². The van der Waals surface area contributed by atoms with E-state index in [1.54, 1.807) is 32.5 Å². The van der Waals surface area contributed by atoms with Crippen molar-refractivity contribution in [3.05, 3.63) is 22.5 Å². The van der Waals surface area contributed by atoms with Gasteiger partial charge in [0.2, 0.25) is 0 Å². The highest BCUT2D eigenvalue weighted by Crippen LogP contribution is 2.22. The lowest BCUT2D eigenvalue weighted by Gasteiger charge is -2.25. The molecule has 7 heteroatoms. The van der Waals surface area contributed by atoms with E-state index in [9.17, 15) is 14.4 Å². The zero-order valence-corrected chi connectivity index (χ0v) is 15.7. The lowest BCUT2D eigenvalue weighted by molar-refractivity contribution is 0.0588. The highest BCUT2D eigenvalue weighted by Gasteiger charge is 2.27. The molecule has 1 N–H and O–H groups in total. The summed E-state index contributed by atoms with van der Waals surface area (Å²) in [6, 6.07) is -0.324. The molecule has 0 bridgehead atoms. The van der Waals surface area contributed by atoms with Crippen LogP contribution in [-0.2, 0) is 11.8 Å². The number of amides is 2. The van der Waals surface area contributed by atoms with E-state index in [1.807, 2.05) is 20.8 Å². The van der Waals surface area contributed by atoms with Crippen LogP contribution in [0.1, 0.15) is 52.9 Å². The Hall–Kier alpha value is -2.31. The first kappa shape index (κ1) is 19.7. The molecule has 1 aromatic rings. The number of nitrogens with one attached hydrogen (secondary N) is 1. The lowest BCUT2D eigenvalue weighted by Crippen LogP contribution is -2.48. The fraction of sp³-hybridized carbons (Fsp3) is 0.588. The fourth-order valence-electron chi connectivity index (χ4n) is 2.56. The van der Waals surface area contributed by atoms with E-state index < -0.39 is 5.97 Å². The van der Waals surface area contributed by atoms with Gasteiger partial charge in [-0.2, -0.15) is 0 Å². The number of urea groups is 1. The Balaban J connectivity index is 3.05. The molecule has 0 radical (unpaired) electrons. The van der Waals surface area contributed by atoms with Gasteiger partial charge in [0.05, 0.1) is 13.7 Å². The number of hydrogen-bond donors (Lipinski definition) is 1. The van der Waals surface area contributed by atoms with Gasteiger partial charge in [-0.05, 0) is 40.2 Å². The minimum absolute atomic E-state index is 0.0752. The molecule has 0 atom stereocenters. The zero-order chi connectivity index (χ0) is 18.8. The first-order valence-electron chi connectivity index (χ1n) is 7.71. The molecule has 134 valence electrons. The Kier molecular flexibility index (Phi) is 5.81. The first-order valence-corrected chi connectivity index (χ1v) is 7.71. The summed E-state index contributed by atoms with van der Waals surface area (Å²) in [4.78, 5) is 38.0. The monoisotopic (exact) mass is 337 g/mol. The minimum atomic E-state index is -0.490. The maximum absolute atomic E-state index is 12.7. The number of nitrogens with zero attached hydrogens (tertiary/aromatic N) is 2. The molecule has 0 fully saturated rings. The number of ether oxygens (including phenoxy) is 1. The molecule has 2 amide bonds. The van der Waals surface area contributed by atoms with Crippen LogP contribution in [0.5, 0.6) is 0 Å². The SMILES string of the molecule is COC(=O)c1c(C)c(C(=O)CN(C)C(=O)NC(C)(C)C)c(C)n1C. The summed E-state index contributed by atoms with van der Waals surface area (Å²) in [5.41, 5.74) is 1.65. The Morgan fingerprint density at radius 3 is 2.21 bits per heavy atom. The molecular formula is C17H27N3O4. The zero-order valence-electron chi connectivity index (χ0n) is 15.7. The summed E-state index contributed by atoms with van der Waals surface area (Å²) in [7, 11) is 4.57. The predicted molar refractivity (Wildman–Crippen MR) is 91.5 cm³/mol. The number of aromatic nitrogens is 1. The summed E-state index contributed by atoms with van der Waals surface area (Å²) < 4.78 is 6.42. The second kappa shape index (κ2) is 7.07. The van der Waals surface area contributed by atoms with Crippen molar-refractivity contribution in [3.8, 4) is 0 Å². The summed E-state index contributed by atoms with van der Waals surface area (Å²) >= 11 is 0. The van der Waals surface area contributed by atoms with Gasteiger partial charge in [-0.25, -0.2) is 9.59 Å². The Bertz CT molecular complexity index is 668. The van der Waals surface area contributed by atoms with Crippen LogP contribution in [0.3, 0.4) is 0 Å². The van der Waals surface area contributed by atoms with Crippen molar-refractivity contribution in [1.82, 2.24) is 14.8 Å². The van der Waals surface area contributed by atoms with Crippen LogP contribution in [0.25, 0.3) is 0 Å². The van der Waals surface area contributed by atoms with Crippen molar-refractivity contribution in [2.75, 3.05) is 20.7 Å². The summed E-state index contributed by atoms with van der Waals surface area (Å²) in [6.45, 7) is 9.01. The number of rotatable bonds is 4. The molecule has 7 nitrogen and oxygen atoms in total. The molecule has 0 saturated heterocycles. The molecule has 0 aromatic carbocycles. The van der Waals surface area contributed by atoms with Crippen molar-refractivity contribution >= 4 is 17.8 Å². The molecule has 0 aliphatic carbocycles. The van der Waals surface area contributed by atoms with E-state index in [0.717, 1.165) is 0 Å². The average molecular weight is 337 g/mol. The standard InChI is InChI=1S/C17H27N3O4/c1-10-13(11(2)20(7)14(10)15(22)24-8)12(21)9-19(6)16(23)18-17(3,4)5/h9H2,1-8H3,(H,18,23). The number of carbonyl (C=O) groups is 3. The van der Waals surface area contributed by atoms with Gasteiger partial charge in [-0.3, -0.25) is 4.79 Å². The van der Waals surface area contributed by atoms with E-state index in [1.165, 1.54) is 12.0 Å². The quantitative estimate of drug-likeness (QED) is 0.673. The largest absolute Gasteiger partial charge is 0.464 e. The molecule has 24 heavy (non-hydrogen) atoms. The average Bonchev–Trinajstić information content (AvgIpc) is 2.66. The van der Waals surface area contributed by atoms with Crippen LogP contribution in [0.15, 0.2) is 0 Å². The molecule has 0 aliphatic heterocycles. The number of likely N-dealkylation sites (N-methyl/N-ethyl adjacent to an activating group) is 1. The molecule has 1 aromatic heterocycles. The van der Waals surface area contributed by atoms with E-state index in [-0.39, 0.29) is 23.9 Å². The van der Waals surface area contributed by atoms with Gasteiger partial charge < -0.3 is 19.5 Å². The van der Waals surface area contributed by atoms with Crippen molar-refractivity contribution < 1.29 is 19.1 Å². The Morgan fingerprint density at radius 1 is 1.21 bits per heavy atom. The topological polar surface area (TPSA) is 80.6 Å². The highest BCUT2D eigenvalue weighted by atomic mass is 16.5. The molecule has 0 unspecified atom stereocenters. The van der Waals surface area contributed by atoms with Gasteiger partial charge >= 0.3 is 12.0 Å². The van der Waals surface area contributed by atoms with E-state index in [4.69, 9.17) is 4.74 Å². The van der Waals surface area contributed by atoms with Gasteiger partial charge in [0.1, 0.15) is 5.69 Å². The first-order chi connectivity index (χ1) is 10.9. The van der Waals surface area contributed by atoms with Gasteiger partial charge in [0.25, 0.3) is 0 Å². The second-order valence-corrected chi connectivity index (χ2v) is 6.94. The normalized spacial score (nSPS) is 11.2. The van der Waals surface area contributed by atoms with Crippen LogP contribution < -0.4 is 5.32 Å². The lowest BCUT2D eigenvalue weighted by atomic mass is 10.1. The summed E-state index contributed by atoms with van der Waals surface area (Å²) in [6.07, 6.45) is 0. The third-order valence-corrected chi connectivity index (χ3v) is 3.80. The number of carbonyl (C=O) groups excluding carboxylic acids is 3. The van der Waals surface area contributed by atoms with Crippen LogP contribution in [0.2, 0.25) is 0 Å². The Morgan fingerprint density at radius 2 is 1.75 bits per heavy atom. The van der Waals surface area contributed by atoms with Crippen molar-refractivity contribution in [1.29, 1.82) is 0 Å². The molecular weight excluding hydrogens is 310 g/mol. The Labute approximate surface area is 143 Å². The molecule has 0 aliphatic rings. The van der Waals surface area contributed by atoms with Crippen molar-refractivity contribution in [2.45, 2.75) is 40.2 Å². The fourth-order valence-corrected chi connectivity index (χ4v) is 2.56. The third kappa shape index (κ3) is 4.15. The van der Waals surface area contributed by atoms with Crippen LogP contribution in [0.4, 0.5) is 4.79 Å². The predicted octanol–water partition coefficient (Wildman–Crippen LogP) is 2.05. The van der Waals surface area contributed by atoms with E-state index >= 15 is 0 Å². The van der Waals surface area contributed by atoms with Crippen LogP contribution >= 0.6 is 0 Å². The second-order valence-electron chi connectivity index (χ2n) is 6.94. The maximum Gasteiger partial charge on any atom is 0.354 e.